The van der Waals surface area contributed by atoms with E-state index in [9.17, 15) is 23.1 Å². The number of benzene rings is 2. The second kappa shape index (κ2) is 9.56. The summed E-state index contributed by atoms with van der Waals surface area (Å²) in [6.07, 6.45) is 2.73. The summed E-state index contributed by atoms with van der Waals surface area (Å²) in [7, 11) is -4.08. The minimum Gasteiger partial charge on any atom is -0.506 e. The van der Waals surface area contributed by atoms with Crippen LogP contribution >= 0.6 is 11.6 Å². The number of aromatic hydroxyl groups is 1. The van der Waals surface area contributed by atoms with Gasteiger partial charge in [-0.3, -0.25) is 9.59 Å². The van der Waals surface area contributed by atoms with Gasteiger partial charge in [0.2, 0.25) is 5.95 Å². The molecule has 0 fully saturated rings. The number of azo groups is 1. The third kappa shape index (κ3) is 5.15. The lowest BCUT2D eigenvalue weighted by atomic mass is 10.2. The monoisotopic (exact) mass is 513 g/mol. The van der Waals surface area contributed by atoms with Gasteiger partial charge in [0.1, 0.15) is 11.4 Å². The van der Waals surface area contributed by atoms with Crippen molar-refractivity contribution in [2.75, 3.05) is 4.72 Å². The van der Waals surface area contributed by atoms with E-state index < -0.39 is 33.6 Å². The SMILES string of the molecule is CC1=NN(C(=O)c2ccc(Cl)cc2)C(=O)C1N=Nc1ccc(S(=O)(=O)Nc2ncccn2)cc1O. The predicted molar refractivity (Wildman–Crippen MR) is 125 cm³/mol. The molecule has 14 heteroatoms. The fraction of sp³-hybridized carbons (Fsp3) is 0.0952. The molecule has 1 aromatic heterocycles. The molecule has 0 spiro atoms. The summed E-state index contributed by atoms with van der Waals surface area (Å²) in [5.74, 6) is -2.02. The predicted octanol–water partition coefficient (Wildman–Crippen LogP) is 3.15. The van der Waals surface area contributed by atoms with Crippen molar-refractivity contribution in [3.63, 3.8) is 0 Å². The third-order valence-corrected chi connectivity index (χ3v) is 6.29. The molecule has 2 aromatic carbocycles. The summed E-state index contributed by atoms with van der Waals surface area (Å²) >= 11 is 5.82. The van der Waals surface area contributed by atoms with Crippen LogP contribution in [0.2, 0.25) is 5.02 Å². The molecule has 4 rings (SSSR count). The molecule has 2 heterocycles. The van der Waals surface area contributed by atoms with E-state index in [1.807, 2.05) is 0 Å². The number of phenols is 1. The van der Waals surface area contributed by atoms with Crippen molar-refractivity contribution in [2.24, 2.45) is 15.3 Å². The summed E-state index contributed by atoms with van der Waals surface area (Å²) in [5.41, 5.74) is 0.329. The van der Waals surface area contributed by atoms with Crippen LogP contribution in [0.4, 0.5) is 11.6 Å². The van der Waals surface area contributed by atoms with Gasteiger partial charge in [0.05, 0.1) is 10.6 Å². The van der Waals surface area contributed by atoms with Crippen LogP contribution in [0.15, 0.2) is 81.2 Å². The molecule has 3 aromatic rings. The maximum atomic E-state index is 12.7. The first-order valence-corrected chi connectivity index (χ1v) is 11.7. The average Bonchev–Trinajstić information content (AvgIpc) is 3.11. The van der Waals surface area contributed by atoms with E-state index in [1.54, 1.807) is 0 Å². The lowest BCUT2D eigenvalue weighted by Gasteiger charge is -2.10. The summed E-state index contributed by atoms with van der Waals surface area (Å²) in [5, 5.41) is 23.1. The molecule has 2 N–H and O–H groups in total. The minimum absolute atomic E-state index is 0.0945. The summed E-state index contributed by atoms with van der Waals surface area (Å²) in [6, 6.07) is 9.65. The number of carbonyl (C=O) groups excluding carboxylic acids is 2. The van der Waals surface area contributed by atoms with E-state index >= 15 is 0 Å². The van der Waals surface area contributed by atoms with Crippen LogP contribution in [0.1, 0.15) is 17.3 Å². The second-order valence-corrected chi connectivity index (χ2v) is 9.27. The summed E-state index contributed by atoms with van der Waals surface area (Å²) in [6.45, 7) is 1.50. The van der Waals surface area contributed by atoms with Gasteiger partial charge < -0.3 is 5.11 Å². The Morgan fingerprint density at radius 3 is 2.49 bits per heavy atom. The Hall–Kier alpha value is -4.23. The number of aromatic nitrogens is 2. The normalized spacial score (nSPS) is 15.9. The van der Waals surface area contributed by atoms with Crippen LogP contribution in [0, 0.1) is 0 Å². The van der Waals surface area contributed by atoms with E-state index in [1.165, 1.54) is 61.8 Å². The Morgan fingerprint density at radius 2 is 1.83 bits per heavy atom. The highest BCUT2D eigenvalue weighted by Crippen LogP contribution is 2.30. The molecular weight excluding hydrogens is 498 g/mol. The maximum absolute atomic E-state index is 12.7. The molecule has 1 aliphatic rings. The first-order valence-electron chi connectivity index (χ1n) is 9.88. The zero-order valence-electron chi connectivity index (χ0n) is 17.9. The summed E-state index contributed by atoms with van der Waals surface area (Å²) < 4.78 is 27.2. The van der Waals surface area contributed by atoms with Crippen molar-refractivity contribution < 1.29 is 23.1 Å². The van der Waals surface area contributed by atoms with Crippen LogP contribution < -0.4 is 4.72 Å². The largest absolute Gasteiger partial charge is 0.506 e. The van der Waals surface area contributed by atoms with Crippen LogP contribution in [-0.2, 0) is 14.8 Å². The van der Waals surface area contributed by atoms with Crippen LogP contribution in [0.25, 0.3) is 0 Å². The molecule has 12 nitrogen and oxygen atoms in total. The lowest BCUT2D eigenvalue weighted by molar-refractivity contribution is -0.127. The number of nitrogens with zero attached hydrogens (tertiary/aromatic N) is 6. The zero-order valence-corrected chi connectivity index (χ0v) is 19.5. The lowest BCUT2D eigenvalue weighted by Crippen LogP contribution is -2.34. The van der Waals surface area contributed by atoms with E-state index in [0.29, 0.717) is 10.0 Å². The molecule has 1 atom stereocenters. The van der Waals surface area contributed by atoms with Crippen molar-refractivity contribution in [2.45, 2.75) is 17.9 Å². The second-order valence-electron chi connectivity index (χ2n) is 7.15. The van der Waals surface area contributed by atoms with Gasteiger partial charge in [0.15, 0.2) is 6.04 Å². The van der Waals surface area contributed by atoms with Gasteiger partial charge in [-0.2, -0.15) is 20.3 Å². The number of sulfonamides is 1. The Morgan fingerprint density at radius 1 is 1.14 bits per heavy atom. The number of rotatable bonds is 6. The van der Waals surface area contributed by atoms with Crippen LogP contribution in [0.3, 0.4) is 0 Å². The molecule has 0 bridgehead atoms. The highest BCUT2D eigenvalue weighted by atomic mass is 35.5. The Balaban J connectivity index is 1.50. The molecule has 0 aliphatic carbocycles. The number of halogens is 1. The number of phenolic OH excluding ortho intramolecular Hbond substituents is 1. The number of hydrazone groups is 1. The highest BCUT2D eigenvalue weighted by Gasteiger charge is 2.38. The van der Waals surface area contributed by atoms with E-state index in [-0.39, 0.29) is 27.8 Å². The third-order valence-electron chi connectivity index (χ3n) is 4.71. The zero-order chi connectivity index (χ0) is 25.2. The minimum atomic E-state index is -4.08. The molecule has 1 unspecified atom stereocenters. The molecule has 2 amide bonds. The fourth-order valence-corrected chi connectivity index (χ4v) is 4.06. The van der Waals surface area contributed by atoms with Gasteiger partial charge in [-0.15, -0.1) is 0 Å². The Kier molecular flexibility index (Phi) is 6.53. The van der Waals surface area contributed by atoms with Crippen molar-refractivity contribution in [1.82, 2.24) is 15.0 Å². The van der Waals surface area contributed by atoms with Crippen molar-refractivity contribution >= 4 is 50.8 Å². The molecule has 178 valence electrons. The van der Waals surface area contributed by atoms with Crippen LogP contribution in [-0.4, -0.2) is 52.1 Å². The number of anilines is 1. The van der Waals surface area contributed by atoms with Crippen molar-refractivity contribution in [1.29, 1.82) is 0 Å². The van der Waals surface area contributed by atoms with Gasteiger partial charge in [-0.25, -0.2) is 23.1 Å². The first kappa shape index (κ1) is 23.9. The number of imide groups is 1. The molecule has 0 saturated carbocycles. The number of amides is 2. The van der Waals surface area contributed by atoms with Crippen molar-refractivity contribution in [3.8, 4) is 5.75 Å². The molecule has 0 radical (unpaired) electrons. The number of nitrogens with one attached hydrogen (secondary N) is 1. The van der Waals surface area contributed by atoms with Gasteiger partial charge in [-0.05, 0) is 49.4 Å². The first-order chi connectivity index (χ1) is 16.7. The number of hydrogen-bond donors (Lipinski definition) is 2. The topological polar surface area (TPSA) is 167 Å². The van der Waals surface area contributed by atoms with E-state index in [4.69, 9.17) is 11.6 Å². The van der Waals surface area contributed by atoms with Gasteiger partial charge in [0.25, 0.3) is 21.8 Å². The average molecular weight is 514 g/mol. The maximum Gasteiger partial charge on any atom is 0.282 e. The van der Waals surface area contributed by atoms with E-state index in [2.05, 4.69) is 30.0 Å². The highest BCUT2D eigenvalue weighted by molar-refractivity contribution is 7.92. The number of carbonyl (C=O) groups is 2. The Labute approximate surface area is 204 Å². The Bertz CT molecular complexity index is 1460. The smallest absolute Gasteiger partial charge is 0.282 e. The van der Waals surface area contributed by atoms with Crippen LogP contribution in [0.5, 0.6) is 5.75 Å². The molecule has 35 heavy (non-hydrogen) atoms. The quantitative estimate of drug-likeness (QED) is 0.377. The van der Waals surface area contributed by atoms with Crippen molar-refractivity contribution in [3.05, 3.63) is 71.5 Å². The molecular formula is C21H16ClN7O5S. The van der Waals surface area contributed by atoms with Gasteiger partial charge in [0, 0.05) is 29.0 Å². The van der Waals surface area contributed by atoms with Gasteiger partial charge in [-0.1, -0.05) is 11.6 Å². The van der Waals surface area contributed by atoms with E-state index in [0.717, 1.165) is 6.07 Å². The number of hydrogen-bond acceptors (Lipinski definition) is 10. The summed E-state index contributed by atoms with van der Waals surface area (Å²) in [4.78, 5) is 32.6. The molecule has 0 saturated heterocycles. The molecule has 1 aliphatic heterocycles. The van der Waals surface area contributed by atoms with Gasteiger partial charge >= 0.3 is 0 Å². The standard InChI is InChI=1S/C21H16ClN7O5S/c1-12-18(20(32)29(27-12)19(31)13-3-5-14(22)6-4-13)26-25-16-8-7-15(11-17(16)30)35(33,34)28-21-23-9-2-10-24-21/h2-11,18,30H,1H3,(H,23,24,28). The fourth-order valence-electron chi connectivity index (χ4n) is 2.96.